The van der Waals surface area contributed by atoms with Crippen molar-refractivity contribution in [3.63, 3.8) is 0 Å². The maximum Gasteiger partial charge on any atom is 0.139 e. The van der Waals surface area contributed by atoms with Crippen molar-refractivity contribution in [2.24, 2.45) is 0 Å². The molecular formula is C44H30O4. The van der Waals surface area contributed by atoms with Gasteiger partial charge in [-0.2, -0.15) is 0 Å². The predicted octanol–water partition coefficient (Wildman–Crippen LogP) is 11.0. The maximum absolute atomic E-state index is 6.67. The minimum atomic E-state index is 0.0393. The summed E-state index contributed by atoms with van der Waals surface area (Å²) in [6.07, 6.45) is 3.56. The van der Waals surface area contributed by atoms with Crippen LogP contribution in [0.25, 0.3) is 55.0 Å². The van der Waals surface area contributed by atoms with Crippen LogP contribution in [0.1, 0.15) is 68.9 Å². The van der Waals surface area contributed by atoms with E-state index in [2.05, 4.69) is 97.1 Å². The van der Waals surface area contributed by atoms with E-state index in [1.54, 1.807) is 0 Å². The molecule has 4 heteroatoms. The summed E-state index contributed by atoms with van der Waals surface area (Å²) < 4.78 is 26.2. The Labute approximate surface area is 276 Å². The molecule has 0 saturated heterocycles. The van der Waals surface area contributed by atoms with Crippen LogP contribution in [0.3, 0.4) is 0 Å². The van der Waals surface area contributed by atoms with Gasteiger partial charge in [0.2, 0.25) is 0 Å². The van der Waals surface area contributed by atoms with E-state index < -0.39 is 0 Å². The van der Waals surface area contributed by atoms with Crippen molar-refractivity contribution < 1.29 is 18.3 Å². The van der Waals surface area contributed by atoms with Gasteiger partial charge in [-0.3, -0.25) is 0 Å². The van der Waals surface area contributed by atoms with Crippen molar-refractivity contribution in [1.29, 1.82) is 0 Å². The number of hydrogen-bond acceptors (Lipinski definition) is 4. The van der Waals surface area contributed by atoms with E-state index in [4.69, 9.17) is 18.3 Å². The van der Waals surface area contributed by atoms with Crippen LogP contribution < -0.4 is 0 Å². The Morgan fingerprint density at radius 3 is 1.33 bits per heavy atom. The Hall–Kier alpha value is -5.16. The number of para-hydroxylation sites is 2. The molecule has 0 saturated carbocycles. The van der Waals surface area contributed by atoms with Crippen molar-refractivity contribution in [3.05, 3.63) is 154 Å². The largest absolute Gasteiger partial charge is 0.456 e. The van der Waals surface area contributed by atoms with Crippen molar-refractivity contribution in [2.45, 2.75) is 50.1 Å². The van der Waals surface area contributed by atoms with Crippen LogP contribution in [0.4, 0.5) is 0 Å². The molecule has 0 amide bonds. The zero-order valence-electron chi connectivity index (χ0n) is 26.2. The first-order valence-electron chi connectivity index (χ1n) is 17.2. The second-order valence-corrected chi connectivity index (χ2v) is 14.1. The fourth-order valence-corrected chi connectivity index (χ4v) is 9.39. The normalized spacial score (nSPS) is 22.1. The molecule has 6 aromatic carbocycles. The van der Waals surface area contributed by atoms with E-state index in [1.807, 2.05) is 12.1 Å². The quantitative estimate of drug-likeness (QED) is 0.183. The fourth-order valence-electron chi connectivity index (χ4n) is 9.39. The van der Waals surface area contributed by atoms with Gasteiger partial charge < -0.3 is 18.3 Å². The lowest BCUT2D eigenvalue weighted by Crippen LogP contribution is -2.28. The second kappa shape index (κ2) is 9.25. The van der Waals surface area contributed by atoms with Gasteiger partial charge in [0.25, 0.3) is 0 Å². The van der Waals surface area contributed by atoms with Crippen LogP contribution >= 0.6 is 0 Å². The van der Waals surface area contributed by atoms with Gasteiger partial charge in [0.05, 0.1) is 24.4 Å². The summed E-state index contributed by atoms with van der Waals surface area (Å²) >= 11 is 0. The average Bonchev–Trinajstić information content (AvgIpc) is 3.71. The molecule has 0 aliphatic carbocycles. The number of benzene rings is 6. The zero-order valence-corrected chi connectivity index (χ0v) is 26.2. The smallest absolute Gasteiger partial charge is 0.139 e. The van der Waals surface area contributed by atoms with Crippen molar-refractivity contribution in [1.82, 2.24) is 0 Å². The van der Waals surface area contributed by atoms with Crippen LogP contribution in [0.5, 0.6) is 0 Å². The van der Waals surface area contributed by atoms with E-state index in [0.717, 1.165) is 48.0 Å². The van der Waals surface area contributed by atoms with Gasteiger partial charge in [-0.05, 0) is 56.6 Å². The van der Waals surface area contributed by atoms with Crippen LogP contribution in [-0.4, -0.2) is 0 Å². The molecule has 4 aliphatic heterocycles. The van der Waals surface area contributed by atoms with Gasteiger partial charge >= 0.3 is 0 Å². The van der Waals surface area contributed by atoms with Gasteiger partial charge in [-0.15, -0.1) is 0 Å². The highest BCUT2D eigenvalue weighted by molar-refractivity contribution is 6.07. The molecule has 0 fully saturated rings. The molecule has 4 atom stereocenters. The third-order valence-electron chi connectivity index (χ3n) is 11.6. The molecule has 230 valence electrons. The minimum Gasteiger partial charge on any atom is -0.456 e. The molecule has 0 N–H and O–H groups in total. The maximum atomic E-state index is 6.67. The summed E-state index contributed by atoms with van der Waals surface area (Å²) in [7, 11) is 0. The average molecular weight is 623 g/mol. The lowest BCUT2D eigenvalue weighted by molar-refractivity contribution is -0.0391. The molecule has 0 radical (unpaired) electrons. The van der Waals surface area contributed by atoms with E-state index in [9.17, 15) is 0 Å². The number of rotatable bonds is 1. The number of hydrogen-bond donors (Lipinski definition) is 0. The highest BCUT2D eigenvalue weighted by atomic mass is 16.5. The van der Waals surface area contributed by atoms with Crippen LogP contribution in [0.15, 0.2) is 118 Å². The van der Waals surface area contributed by atoms with Crippen LogP contribution in [0, 0.1) is 0 Å². The van der Waals surface area contributed by atoms with E-state index in [1.165, 1.54) is 77.2 Å². The summed E-state index contributed by atoms with van der Waals surface area (Å²) in [6.45, 7) is 0. The summed E-state index contributed by atoms with van der Waals surface area (Å²) in [5.41, 5.74) is 17.1. The first kappa shape index (κ1) is 25.9. The third kappa shape index (κ3) is 3.46. The second-order valence-electron chi connectivity index (χ2n) is 14.1. The van der Waals surface area contributed by atoms with Gasteiger partial charge in [-0.1, -0.05) is 97.1 Å². The standard InChI is InChI=1S/C44H30O4/c1-3-7-37-29(5-1)33-15-13-31-35(43(33)47-37)21-41-27-11-9-23(17-25(27)19-39(31)45-41)24-10-12-28-26(18-24)20-40-32-14-16-34-30-6-2-4-8-38(30)48-44(34)36(32)22-42(28)46-40/h1-18,39-42H,19-22H2/t39-,40-,41-,42-/m1/s1. The predicted molar refractivity (Wildman–Crippen MR) is 187 cm³/mol. The Bertz CT molecular complexity index is 2490. The lowest BCUT2D eigenvalue weighted by atomic mass is 9.79. The highest BCUT2D eigenvalue weighted by Gasteiger charge is 2.38. The van der Waals surface area contributed by atoms with E-state index in [-0.39, 0.29) is 24.4 Å². The summed E-state index contributed by atoms with van der Waals surface area (Å²) in [5, 5.41) is 4.77. The van der Waals surface area contributed by atoms with Crippen LogP contribution in [-0.2, 0) is 35.2 Å². The fraction of sp³-hybridized carbons (Fsp3) is 0.182. The van der Waals surface area contributed by atoms with Crippen molar-refractivity contribution in [2.75, 3.05) is 0 Å². The summed E-state index contributed by atoms with van der Waals surface area (Å²) in [5.74, 6) is 0. The molecule has 6 heterocycles. The molecule has 8 aromatic rings. The Morgan fingerprint density at radius 2 is 0.833 bits per heavy atom. The molecule has 4 aliphatic rings. The minimum absolute atomic E-state index is 0.0393. The third-order valence-corrected chi connectivity index (χ3v) is 11.6. The Morgan fingerprint density at radius 1 is 0.396 bits per heavy atom. The van der Waals surface area contributed by atoms with Crippen molar-refractivity contribution in [3.8, 4) is 11.1 Å². The zero-order chi connectivity index (χ0) is 31.1. The highest BCUT2D eigenvalue weighted by Crippen LogP contribution is 2.50. The molecule has 12 rings (SSSR count). The Balaban J connectivity index is 0.883. The number of fused-ring (bicyclic) bond motifs is 20. The first-order valence-corrected chi connectivity index (χ1v) is 17.2. The molecule has 0 spiro atoms. The number of ether oxygens (including phenoxy) is 2. The van der Waals surface area contributed by atoms with Gasteiger partial charge in [0.15, 0.2) is 0 Å². The Kier molecular flexibility index (Phi) is 4.99. The lowest BCUT2D eigenvalue weighted by Gasteiger charge is -2.39. The SMILES string of the molecule is c1ccc2c(c1)oc1c3c(ccc12)[C@H]1Cc2cc(-c4ccc5c(c4)C[C@H]4O[C@@H]5Cc5c4ccc4c5oc5ccccc54)ccc2[C@@H](C3)O1. The van der Waals surface area contributed by atoms with E-state index in [0.29, 0.717) is 0 Å². The molecule has 4 bridgehead atoms. The van der Waals surface area contributed by atoms with Crippen molar-refractivity contribution >= 4 is 43.9 Å². The van der Waals surface area contributed by atoms with Crippen LogP contribution in [0.2, 0.25) is 0 Å². The van der Waals surface area contributed by atoms with Gasteiger partial charge in [0, 0.05) is 58.4 Å². The number of furan rings is 2. The molecular weight excluding hydrogens is 592 g/mol. The van der Waals surface area contributed by atoms with E-state index >= 15 is 0 Å². The van der Waals surface area contributed by atoms with Gasteiger partial charge in [-0.25, -0.2) is 0 Å². The monoisotopic (exact) mass is 622 g/mol. The first-order chi connectivity index (χ1) is 23.7. The molecule has 4 nitrogen and oxygen atoms in total. The van der Waals surface area contributed by atoms with Gasteiger partial charge in [0.1, 0.15) is 22.3 Å². The molecule has 0 unspecified atom stereocenters. The summed E-state index contributed by atoms with van der Waals surface area (Å²) in [6, 6.07) is 39.7. The molecule has 48 heavy (non-hydrogen) atoms. The molecule has 2 aromatic heterocycles. The summed E-state index contributed by atoms with van der Waals surface area (Å²) in [4.78, 5) is 0. The topological polar surface area (TPSA) is 44.7 Å².